The average Bonchev–Trinajstić information content (AvgIpc) is 3.74. The highest BCUT2D eigenvalue weighted by atomic mass is 35.5. The predicted octanol–water partition coefficient (Wildman–Crippen LogP) is 4.35. The van der Waals surface area contributed by atoms with Crippen LogP contribution in [0.15, 0.2) is 24.3 Å². The van der Waals surface area contributed by atoms with Crippen molar-refractivity contribution in [2.24, 2.45) is 11.3 Å². The van der Waals surface area contributed by atoms with E-state index in [1.165, 1.54) is 0 Å². The Kier molecular flexibility index (Phi) is 11.9. The highest BCUT2D eigenvalue weighted by molar-refractivity contribution is 6.38. The number of hydrogen-bond acceptors (Lipinski definition) is 5. The van der Waals surface area contributed by atoms with Gasteiger partial charge in [-0.25, -0.2) is 4.79 Å². The first-order chi connectivity index (χ1) is 20.5. The quantitative estimate of drug-likeness (QED) is 0.231. The van der Waals surface area contributed by atoms with Crippen LogP contribution < -0.4 is 26.6 Å². The Hall–Kier alpha value is -3.14. The number of hydrogen-bond donors (Lipinski definition) is 5. The predicted molar refractivity (Wildman–Crippen MR) is 171 cm³/mol. The molecule has 0 aliphatic heterocycles. The number of carbonyl (C=O) groups is 5. The maximum Gasteiger partial charge on any atom is 0.315 e. The SMILES string of the molecule is CCC[C@H](NC(=O)[C@@H]1C[C@@H](c2ccc(Cl)cc2)CC[C@@H]1NC(=O)[C@@H](NC(=O)NC(C)(C)C)C(C)(C)C)C(=O)C(=O)NC1CC1. The lowest BCUT2D eigenvalue weighted by Crippen LogP contribution is -2.61. The Morgan fingerprint density at radius 3 is 2.07 bits per heavy atom. The number of urea groups is 1. The van der Waals surface area contributed by atoms with Crippen molar-refractivity contribution in [3.05, 3.63) is 34.9 Å². The molecule has 5 N–H and O–H groups in total. The van der Waals surface area contributed by atoms with Gasteiger partial charge in [0.05, 0.1) is 12.0 Å². The van der Waals surface area contributed by atoms with Crippen molar-refractivity contribution in [1.82, 2.24) is 26.6 Å². The van der Waals surface area contributed by atoms with Gasteiger partial charge in [0.1, 0.15) is 6.04 Å². The molecule has 0 unspecified atom stereocenters. The molecular weight excluding hydrogens is 582 g/mol. The third kappa shape index (κ3) is 10.5. The molecule has 3 rings (SSSR count). The first-order valence-electron chi connectivity index (χ1n) is 15.8. The summed E-state index contributed by atoms with van der Waals surface area (Å²) in [5, 5.41) is 14.9. The molecule has 2 aliphatic carbocycles. The molecule has 5 atom stereocenters. The Balaban J connectivity index is 1.83. The largest absolute Gasteiger partial charge is 0.351 e. The van der Waals surface area contributed by atoms with Crippen molar-refractivity contribution in [2.45, 2.75) is 129 Å². The molecule has 1 aromatic rings. The van der Waals surface area contributed by atoms with Crippen molar-refractivity contribution < 1.29 is 24.0 Å². The second-order valence-corrected chi connectivity index (χ2v) is 14.8. The summed E-state index contributed by atoms with van der Waals surface area (Å²) in [7, 11) is 0. The standard InChI is InChI=1S/C33H50ClN5O5/c1-8-9-25(26(40)29(42)35-22-15-16-22)37-28(41)23-18-20(19-10-13-21(34)14-11-19)12-17-24(23)36-30(43)27(32(2,3)4)38-31(44)39-33(5,6)7/h10-11,13-14,20,22-25,27H,8-9,12,15-18H2,1-7H3,(H,35,42)(H,36,43)(H,37,41)(H2,38,39,44)/t20-,23+,24-,25-,27+/m0/s1. The van der Waals surface area contributed by atoms with Crippen LogP contribution in [0.25, 0.3) is 0 Å². The summed E-state index contributed by atoms with van der Waals surface area (Å²) in [6, 6.07) is 4.72. The molecular formula is C33H50ClN5O5. The summed E-state index contributed by atoms with van der Waals surface area (Å²) in [6.45, 7) is 13.0. The van der Waals surface area contributed by atoms with E-state index in [4.69, 9.17) is 11.6 Å². The van der Waals surface area contributed by atoms with E-state index in [0.717, 1.165) is 24.8 Å². The molecule has 244 valence electrons. The average molecular weight is 632 g/mol. The Morgan fingerprint density at radius 1 is 0.886 bits per heavy atom. The van der Waals surface area contributed by atoms with Crippen LogP contribution >= 0.6 is 11.6 Å². The van der Waals surface area contributed by atoms with E-state index in [-0.39, 0.29) is 23.8 Å². The van der Waals surface area contributed by atoms with Crippen molar-refractivity contribution in [2.75, 3.05) is 0 Å². The van der Waals surface area contributed by atoms with Crippen LogP contribution in [0.4, 0.5) is 4.79 Å². The van der Waals surface area contributed by atoms with Gasteiger partial charge >= 0.3 is 6.03 Å². The van der Waals surface area contributed by atoms with Gasteiger partial charge in [0, 0.05) is 22.6 Å². The molecule has 2 aliphatic rings. The molecule has 0 heterocycles. The highest BCUT2D eigenvalue weighted by Crippen LogP contribution is 2.37. The zero-order valence-electron chi connectivity index (χ0n) is 27.1. The normalized spacial score (nSPS) is 21.8. The molecule has 11 heteroatoms. The van der Waals surface area contributed by atoms with Crippen LogP contribution in [0.2, 0.25) is 5.02 Å². The molecule has 0 spiro atoms. The van der Waals surface area contributed by atoms with Crippen molar-refractivity contribution in [3.8, 4) is 0 Å². The molecule has 44 heavy (non-hydrogen) atoms. The second-order valence-electron chi connectivity index (χ2n) is 14.4. The van der Waals surface area contributed by atoms with Crippen molar-refractivity contribution in [1.29, 1.82) is 0 Å². The molecule has 0 radical (unpaired) electrons. The van der Waals surface area contributed by atoms with Gasteiger partial charge in [-0.05, 0) is 88.3 Å². The molecule has 0 aromatic heterocycles. The van der Waals surface area contributed by atoms with E-state index >= 15 is 0 Å². The minimum Gasteiger partial charge on any atom is -0.351 e. The number of benzene rings is 1. The molecule has 0 saturated heterocycles. The number of carbonyl (C=O) groups excluding carboxylic acids is 5. The van der Waals surface area contributed by atoms with E-state index < -0.39 is 52.7 Å². The van der Waals surface area contributed by atoms with E-state index in [0.29, 0.717) is 30.7 Å². The highest BCUT2D eigenvalue weighted by Gasteiger charge is 2.41. The fourth-order valence-corrected chi connectivity index (χ4v) is 5.72. The molecule has 2 saturated carbocycles. The van der Waals surface area contributed by atoms with Crippen molar-refractivity contribution >= 4 is 41.1 Å². The summed E-state index contributed by atoms with van der Waals surface area (Å²) in [4.78, 5) is 66.0. The molecule has 10 nitrogen and oxygen atoms in total. The van der Waals surface area contributed by atoms with Gasteiger partial charge < -0.3 is 26.6 Å². The van der Waals surface area contributed by atoms with Gasteiger partial charge in [0.25, 0.3) is 5.91 Å². The van der Waals surface area contributed by atoms with Gasteiger partial charge in [0.2, 0.25) is 17.6 Å². The summed E-state index contributed by atoms with van der Waals surface area (Å²) in [5.41, 5.74) is -0.0746. The van der Waals surface area contributed by atoms with Crippen LogP contribution in [-0.2, 0) is 19.2 Å². The lowest BCUT2D eigenvalue weighted by Gasteiger charge is -2.39. The fraction of sp³-hybridized carbons (Fsp3) is 0.667. The second kappa shape index (κ2) is 14.8. The number of amides is 5. The third-order valence-corrected chi connectivity index (χ3v) is 8.35. The Bertz CT molecular complexity index is 1200. The summed E-state index contributed by atoms with van der Waals surface area (Å²) in [5.74, 6) is -2.74. The van der Waals surface area contributed by atoms with Crippen molar-refractivity contribution in [3.63, 3.8) is 0 Å². The summed E-state index contributed by atoms with van der Waals surface area (Å²) >= 11 is 6.11. The first kappa shape index (κ1) is 35.3. The van der Waals surface area contributed by atoms with Crippen LogP contribution in [0, 0.1) is 11.3 Å². The van der Waals surface area contributed by atoms with E-state index in [1.807, 2.05) is 72.7 Å². The van der Waals surface area contributed by atoms with Crippen LogP contribution in [0.3, 0.4) is 0 Å². The molecule has 5 amide bonds. The lowest BCUT2D eigenvalue weighted by atomic mass is 9.74. The maximum absolute atomic E-state index is 13.9. The van der Waals surface area contributed by atoms with E-state index in [2.05, 4.69) is 26.6 Å². The number of rotatable bonds is 11. The maximum atomic E-state index is 13.9. The lowest BCUT2D eigenvalue weighted by molar-refractivity contribution is -0.141. The van der Waals surface area contributed by atoms with Gasteiger partial charge in [-0.1, -0.05) is 57.8 Å². The number of halogens is 1. The van der Waals surface area contributed by atoms with Crippen LogP contribution in [0.5, 0.6) is 0 Å². The number of Topliss-reactive ketones (excluding diaryl/α,β-unsaturated/α-hetero) is 1. The molecule has 0 bridgehead atoms. The third-order valence-electron chi connectivity index (χ3n) is 8.09. The minimum atomic E-state index is -0.955. The summed E-state index contributed by atoms with van der Waals surface area (Å²) < 4.78 is 0. The number of ketones is 1. The van der Waals surface area contributed by atoms with E-state index in [9.17, 15) is 24.0 Å². The zero-order chi connectivity index (χ0) is 32.8. The van der Waals surface area contributed by atoms with Gasteiger partial charge in [-0.3, -0.25) is 19.2 Å². The molecule has 2 fully saturated rings. The Morgan fingerprint density at radius 2 is 1.52 bits per heavy atom. The smallest absolute Gasteiger partial charge is 0.315 e. The topological polar surface area (TPSA) is 146 Å². The van der Waals surface area contributed by atoms with Crippen LogP contribution in [-0.4, -0.2) is 59.2 Å². The Labute approximate surface area is 266 Å². The monoisotopic (exact) mass is 631 g/mol. The summed E-state index contributed by atoms with van der Waals surface area (Å²) in [6.07, 6.45) is 4.28. The minimum absolute atomic E-state index is 0.0253. The number of nitrogens with one attached hydrogen (secondary N) is 5. The van der Waals surface area contributed by atoms with Crippen LogP contribution in [0.1, 0.15) is 105 Å². The van der Waals surface area contributed by atoms with Gasteiger partial charge in [0.15, 0.2) is 0 Å². The first-order valence-corrected chi connectivity index (χ1v) is 16.2. The fourth-order valence-electron chi connectivity index (χ4n) is 5.60. The zero-order valence-corrected chi connectivity index (χ0v) is 27.9. The molecule has 1 aromatic carbocycles. The van der Waals surface area contributed by atoms with Gasteiger partial charge in [-0.15, -0.1) is 0 Å². The van der Waals surface area contributed by atoms with Gasteiger partial charge in [-0.2, -0.15) is 0 Å². The van der Waals surface area contributed by atoms with E-state index in [1.54, 1.807) is 0 Å².